The maximum Gasteiger partial charge on any atom is 0.335 e. The number of ether oxygens (including phenoxy) is 1. The molecule has 2 rings (SSSR count). The number of aryl methyl sites for hydroxylation is 2. The van der Waals surface area contributed by atoms with Crippen LogP contribution in [-0.2, 0) is 0 Å². The van der Waals surface area contributed by atoms with Gasteiger partial charge in [-0.15, -0.1) is 0 Å². The summed E-state index contributed by atoms with van der Waals surface area (Å²) in [6, 6.07) is 4.32. The first-order chi connectivity index (χ1) is 11.3. The standard InChI is InChI=1S/C17H19N3O4/c1-9(2)24-15-6-5-12(17(22)23)7-14(15)20-16(21)13-8-18-11(4)19-10(13)3/h5-9H,1-4H3,(H,20,21)(H,22,23). The van der Waals surface area contributed by atoms with Crippen LogP contribution >= 0.6 is 0 Å². The number of carboxylic acids is 1. The predicted molar refractivity (Wildman–Crippen MR) is 88.6 cm³/mol. The van der Waals surface area contributed by atoms with E-state index in [-0.39, 0.29) is 17.4 Å². The second-order valence-corrected chi connectivity index (χ2v) is 5.55. The average molecular weight is 329 g/mol. The van der Waals surface area contributed by atoms with E-state index in [9.17, 15) is 9.59 Å². The molecule has 0 aliphatic heterocycles. The quantitative estimate of drug-likeness (QED) is 0.874. The fraction of sp³-hybridized carbons (Fsp3) is 0.294. The zero-order valence-corrected chi connectivity index (χ0v) is 14.0. The smallest absolute Gasteiger partial charge is 0.335 e. The molecule has 0 aliphatic carbocycles. The minimum atomic E-state index is -1.09. The van der Waals surface area contributed by atoms with Gasteiger partial charge in [-0.25, -0.2) is 14.8 Å². The Labute approximate surface area is 139 Å². The van der Waals surface area contributed by atoms with E-state index in [1.54, 1.807) is 13.8 Å². The highest BCUT2D eigenvalue weighted by molar-refractivity contribution is 6.06. The average Bonchev–Trinajstić information content (AvgIpc) is 2.48. The molecule has 126 valence electrons. The minimum Gasteiger partial charge on any atom is -0.489 e. The summed E-state index contributed by atoms with van der Waals surface area (Å²) in [5, 5.41) is 11.8. The lowest BCUT2D eigenvalue weighted by molar-refractivity contribution is 0.0696. The Morgan fingerprint density at radius 2 is 1.96 bits per heavy atom. The molecule has 0 bridgehead atoms. The molecule has 1 aromatic carbocycles. The van der Waals surface area contributed by atoms with Crippen LogP contribution in [0.1, 0.15) is 46.1 Å². The maximum atomic E-state index is 12.5. The van der Waals surface area contributed by atoms with Gasteiger partial charge in [0.1, 0.15) is 11.6 Å². The molecule has 24 heavy (non-hydrogen) atoms. The van der Waals surface area contributed by atoms with Crippen molar-refractivity contribution in [2.75, 3.05) is 5.32 Å². The fourth-order valence-electron chi connectivity index (χ4n) is 2.11. The molecule has 1 heterocycles. The molecule has 7 heteroatoms. The van der Waals surface area contributed by atoms with Gasteiger partial charge in [0.2, 0.25) is 0 Å². The monoisotopic (exact) mass is 329 g/mol. The Bertz CT molecular complexity index is 787. The number of hydrogen-bond donors (Lipinski definition) is 2. The molecule has 7 nitrogen and oxygen atoms in total. The molecule has 0 saturated heterocycles. The van der Waals surface area contributed by atoms with Crippen molar-refractivity contribution < 1.29 is 19.4 Å². The molecule has 0 unspecified atom stereocenters. The molecular weight excluding hydrogens is 310 g/mol. The van der Waals surface area contributed by atoms with E-state index >= 15 is 0 Å². The normalized spacial score (nSPS) is 10.5. The van der Waals surface area contributed by atoms with Gasteiger partial charge in [0.05, 0.1) is 28.6 Å². The zero-order valence-electron chi connectivity index (χ0n) is 14.0. The minimum absolute atomic E-state index is 0.0540. The number of carbonyl (C=O) groups excluding carboxylic acids is 1. The van der Waals surface area contributed by atoms with Crippen molar-refractivity contribution in [3.8, 4) is 5.75 Å². The second kappa shape index (κ2) is 7.08. The SMILES string of the molecule is Cc1ncc(C(=O)Nc2cc(C(=O)O)ccc2OC(C)C)c(C)n1. The van der Waals surface area contributed by atoms with Crippen molar-refractivity contribution in [2.45, 2.75) is 33.8 Å². The lowest BCUT2D eigenvalue weighted by atomic mass is 10.1. The number of amides is 1. The van der Waals surface area contributed by atoms with E-state index < -0.39 is 11.9 Å². The van der Waals surface area contributed by atoms with Gasteiger partial charge in [-0.05, 0) is 45.9 Å². The Kier molecular flexibility index (Phi) is 5.13. The van der Waals surface area contributed by atoms with Crippen LogP contribution in [0.15, 0.2) is 24.4 Å². The van der Waals surface area contributed by atoms with Crippen molar-refractivity contribution >= 4 is 17.6 Å². The van der Waals surface area contributed by atoms with Crippen LogP contribution in [0.3, 0.4) is 0 Å². The summed E-state index contributed by atoms with van der Waals surface area (Å²) in [5.41, 5.74) is 1.20. The molecule has 0 aliphatic rings. The Hall–Kier alpha value is -2.96. The van der Waals surface area contributed by atoms with Gasteiger partial charge < -0.3 is 15.2 Å². The lowest BCUT2D eigenvalue weighted by Crippen LogP contribution is -2.17. The molecule has 2 aromatic rings. The first kappa shape index (κ1) is 17.4. The Balaban J connectivity index is 2.36. The summed E-state index contributed by atoms with van der Waals surface area (Å²) in [5.74, 6) is -0.546. The third-order valence-electron chi connectivity index (χ3n) is 3.18. The third kappa shape index (κ3) is 4.07. The van der Waals surface area contributed by atoms with Gasteiger partial charge in [-0.1, -0.05) is 0 Å². The molecular formula is C17H19N3O4. The number of aromatic carboxylic acids is 1. The first-order valence-electron chi connectivity index (χ1n) is 7.43. The second-order valence-electron chi connectivity index (χ2n) is 5.55. The van der Waals surface area contributed by atoms with E-state index in [1.165, 1.54) is 24.4 Å². The van der Waals surface area contributed by atoms with Gasteiger partial charge in [0.25, 0.3) is 5.91 Å². The molecule has 0 fully saturated rings. The van der Waals surface area contributed by atoms with E-state index in [0.29, 0.717) is 22.8 Å². The van der Waals surface area contributed by atoms with E-state index in [4.69, 9.17) is 9.84 Å². The van der Waals surface area contributed by atoms with E-state index in [1.807, 2.05) is 13.8 Å². The topological polar surface area (TPSA) is 101 Å². The number of nitrogens with one attached hydrogen (secondary N) is 1. The van der Waals surface area contributed by atoms with Crippen molar-refractivity contribution in [3.05, 3.63) is 47.0 Å². The fourth-order valence-corrected chi connectivity index (χ4v) is 2.11. The number of hydrogen-bond acceptors (Lipinski definition) is 5. The molecule has 1 amide bonds. The van der Waals surface area contributed by atoms with Crippen LogP contribution in [0, 0.1) is 13.8 Å². The third-order valence-corrected chi connectivity index (χ3v) is 3.18. The molecule has 0 saturated carbocycles. The van der Waals surface area contributed by atoms with Crippen LogP contribution in [0.5, 0.6) is 5.75 Å². The van der Waals surface area contributed by atoms with Crippen LogP contribution in [0.4, 0.5) is 5.69 Å². The number of aromatic nitrogens is 2. The number of anilines is 1. The van der Waals surface area contributed by atoms with Crippen molar-refractivity contribution in [2.24, 2.45) is 0 Å². The molecule has 2 N–H and O–H groups in total. The molecule has 1 aromatic heterocycles. The Morgan fingerprint density at radius 3 is 2.54 bits per heavy atom. The summed E-state index contributed by atoms with van der Waals surface area (Å²) in [6.07, 6.45) is 1.32. The van der Waals surface area contributed by atoms with Gasteiger partial charge in [0, 0.05) is 6.20 Å². The van der Waals surface area contributed by atoms with Crippen LogP contribution in [0.25, 0.3) is 0 Å². The summed E-state index contributed by atoms with van der Waals surface area (Å²) < 4.78 is 5.63. The highest BCUT2D eigenvalue weighted by Crippen LogP contribution is 2.27. The zero-order chi connectivity index (χ0) is 17.9. The van der Waals surface area contributed by atoms with Crippen molar-refractivity contribution in [3.63, 3.8) is 0 Å². The van der Waals surface area contributed by atoms with Gasteiger partial charge in [-0.2, -0.15) is 0 Å². The number of carboxylic acid groups (broad SMARTS) is 1. The highest BCUT2D eigenvalue weighted by atomic mass is 16.5. The molecule has 0 radical (unpaired) electrons. The van der Waals surface area contributed by atoms with Crippen molar-refractivity contribution in [1.29, 1.82) is 0 Å². The molecule has 0 spiro atoms. The van der Waals surface area contributed by atoms with Gasteiger partial charge in [0.15, 0.2) is 0 Å². The van der Waals surface area contributed by atoms with E-state index in [2.05, 4.69) is 15.3 Å². The number of nitrogens with zero attached hydrogens (tertiary/aromatic N) is 2. The summed E-state index contributed by atoms with van der Waals surface area (Å²) in [6.45, 7) is 7.13. The number of carbonyl (C=O) groups is 2. The van der Waals surface area contributed by atoms with E-state index in [0.717, 1.165) is 0 Å². The van der Waals surface area contributed by atoms with Crippen molar-refractivity contribution in [1.82, 2.24) is 9.97 Å². The van der Waals surface area contributed by atoms with Gasteiger partial charge in [-0.3, -0.25) is 4.79 Å². The predicted octanol–water partition coefficient (Wildman–Crippen LogP) is 2.83. The van der Waals surface area contributed by atoms with Crippen LogP contribution in [-0.4, -0.2) is 33.1 Å². The highest BCUT2D eigenvalue weighted by Gasteiger charge is 2.16. The number of benzene rings is 1. The largest absolute Gasteiger partial charge is 0.489 e. The maximum absolute atomic E-state index is 12.5. The van der Waals surface area contributed by atoms with Crippen LogP contribution in [0.2, 0.25) is 0 Å². The summed E-state index contributed by atoms with van der Waals surface area (Å²) in [7, 11) is 0. The lowest BCUT2D eigenvalue weighted by Gasteiger charge is -2.16. The first-order valence-corrected chi connectivity index (χ1v) is 7.43. The summed E-state index contributed by atoms with van der Waals surface area (Å²) >= 11 is 0. The Morgan fingerprint density at radius 1 is 1.25 bits per heavy atom. The summed E-state index contributed by atoms with van der Waals surface area (Å²) in [4.78, 5) is 31.8. The molecule has 0 atom stereocenters. The number of rotatable bonds is 5. The van der Waals surface area contributed by atoms with Crippen LogP contribution < -0.4 is 10.1 Å². The van der Waals surface area contributed by atoms with Gasteiger partial charge >= 0.3 is 5.97 Å².